The molecule has 1 aliphatic rings. The first-order valence-electron chi connectivity index (χ1n) is 7.03. The lowest BCUT2D eigenvalue weighted by Gasteiger charge is -2.25. The van der Waals surface area contributed by atoms with Crippen molar-refractivity contribution in [2.45, 2.75) is 31.5 Å². The van der Waals surface area contributed by atoms with Crippen LogP contribution < -0.4 is 5.73 Å². The molecule has 1 aromatic carbocycles. The lowest BCUT2D eigenvalue weighted by Crippen LogP contribution is -2.30. The van der Waals surface area contributed by atoms with E-state index >= 15 is 0 Å². The third kappa shape index (κ3) is 3.20. The number of hydrogen-bond donors (Lipinski definition) is 2. The van der Waals surface area contributed by atoms with Crippen LogP contribution in [0.3, 0.4) is 0 Å². The maximum Gasteiger partial charge on any atom is 0.0936 e. The number of aliphatic hydroxyl groups is 1. The molecule has 20 heavy (non-hydrogen) atoms. The van der Waals surface area contributed by atoms with Gasteiger partial charge in [0.25, 0.3) is 0 Å². The quantitative estimate of drug-likeness (QED) is 0.803. The second kappa shape index (κ2) is 5.95. The van der Waals surface area contributed by atoms with Crippen LogP contribution in [0, 0.1) is 0 Å². The fraction of sp³-hybridized carbons (Fsp3) is 0.375. The van der Waals surface area contributed by atoms with E-state index in [2.05, 4.69) is 22.4 Å². The van der Waals surface area contributed by atoms with E-state index in [1.807, 2.05) is 24.3 Å². The number of hydrogen-bond acceptors (Lipinski definition) is 4. The third-order valence-electron chi connectivity index (χ3n) is 3.76. The summed E-state index contributed by atoms with van der Waals surface area (Å²) in [6.07, 6.45) is 1.96. The Morgan fingerprint density at radius 1 is 1.25 bits per heavy atom. The van der Waals surface area contributed by atoms with E-state index < -0.39 is 6.10 Å². The van der Waals surface area contributed by atoms with E-state index in [0.29, 0.717) is 18.3 Å². The van der Waals surface area contributed by atoms with Gasteiger partial charge in [-0.1, -0.05) is 24.3 Å². The second-order valence-electron chi connectivity index (χ2n) is 5.38. The monoisotopic (exact) mass is 288 g/mol. The van der Waals surface area contributed by atoms with Crippen molar-refractivity contribution in [2.24, 2.45) is 0 Å². The number of para-hydroxylation sites is 1. The van der Waals surface area contributed by atoms with Gasteiger partial charge in [0, 0.05) is 35.3 Å². The number of anilines is 1. The molecule has 0 bridgehead atoms. The fourth-order valence-electron chi connectivity index (χ4n) is 2.52. The van der Waals surface area contributed by atoms with E-state index in [1.165, 1.54) is 17.7 Å². The summed E-state index contributed by atoms with van der Waals surface area (Å²) in [5, 5.41) is 12.6. The smallest absolute Gasteiger partial charge is 0.0936 e. The van der Waals surface area contributed by atoms with Crippen molar-refractivity contribution in [3.63, 3.8) is 0 Å². The van der Waals surface area contributed by atoms with Gasteiger partial charge in [-0.15, -0.1) is 11.3 Å². The highest BCUT2D eigenvalue weighted by molar-refractivity contribution is 7.09. The van der Waals surface area contributed by atoms with E-state index in [-0.39, 0.29) is 0 Å². The predicted molar refractivity (Wildman–Crippen MR) is 83.6 cm³/mol. The molecular weight excluding hydrogens is 268 g/mol. The molecule has 4 heteroatoms. The average molecular weight is 288 g/mol. The maximum absolute atomic E-state index is 10.5. The first-order chi connectivity index (χ1) is 9.74. The molecule has 1 heterocycles. The number of rotatable bonds is 6. The van der Waals surface area contributed by atoms with Crippen molar-refractivity contribution in [2.75, 3.05) is 12.3 Å². The summed E-state index contributed by atoms with van der Waals surface area (Å²) < 4.78 is 0. The van der Waals surface area contributed by atoms with E-state index in [1.54, 1.807) is 11.3 Å². The van der Waals surface area contributed by atoms with Gasteiger partial charge < -0.3 is 10.8 Å². The van der Waals surface area contributed by atoms with Gasteiger partial charge in [-0.3, -0.25) is 4.90 Å². The fourth-order valence-corrected chi connectivity index (χ4v) is 3.25. The van der Waals surface area contributed by atoms with Crippen LogP contribution in [0.1, 0.15) is 29.4 Å². The average Bonchev–Trinajstić information content (AvgIpc) is 3.17. The van der Waals surface area contributed by atoms with Gasteiger partial charge in [-0.25, -0.2) is 0 Å². The largest absolute Gasteiger partial charge is 0.398 e. The van der Waals surface area contributed by atoms with E-state index in [0.717, 1.165) is 12.1 Å². The Morgan fingerprint density at radius 2 is 2.05 bits per heavy atom. The Labute approximate surface area is 123 Å². The Hall–Kier alpha value is -1.36. The second-order valence-corrected chi connectivity index (χ2v) is 6.42. The summed E-state index contributed by atoms with van der Waals surface area (Å²) in [5.41, 5.74) is 7.46. The molecule has 1 fully saturated rings. The molecular formula is C16H20N2OS. The van der Waals surface area contributed by atoms with Crippen LogP contribution in [0.5, 0.6) is 0 Å². The Balaban J connectivity index is 1.68. The molecule has 0 saturated heterocycles. The van der Waals surface area contributed by atoms with Crippen LogP contribution in [-0.2, 0) is 6.54 Å². The number of aliphatic hydroxyl groups excluding tert-OH is 1. The van der Waals surface area contributed by atoms with Crippen LogP contribution in [0.2, 0.25) is 0 Å². The summed E-state index contributed by atoms with van der Waals surface area (Å²) >= 11 is 1.77. The molecule has 106 valence electrons. The molecule has 1 aliphatic carbocycles. The lowest BCUT2D eigenvalue weighted by atomic mass is 10.1. The number of nitrogen functional groups attached to an aromatic ring is 1. The van der Waals surface area contributed by atoms with Crippen LogP contribution in [0.4, 0.5) is 5.69 Å². The predicted octanol–water partition coefficient (Wildman–Crippen LogP) is 3.03. The molecule has 1 aromatic heterocycles. The molecule has 1 unspecified atom stereocenters. The summed E-state index contributed by atoms with van der Waals surface area (Å²) in [4.78, 5) is 3.73. The van der Waals surface area contributed by atoms with Crippen molar-refractivity contribution in [3.8, 4) is 0 Å². The molecule has 0 spiro atoms. The number of thiophene rings is 1. The Kier molecular flexibility index (Phi) is 4.05. The first-order valence-corrected chi connectivity index (χ1v) is 7.91. The molecule has 0 amide bonds. The SMILES string of the molecule is Nc1ccccc1C(O)CN(Cc1cccs1)C1CC1. The van der Waals surface area contributed by atoms with Crippen molar-refractivity contribution in [1.82, 2.24) is 4.90 Å². The van der Waals surface area contributed by atoms with Crippen molar-refractivity contribution in [3.05, 3.63) is 52.2 Å². The summed E-state index contributed by atoms with van der Waals surface area (Å²) in [7, 11) is 0. The molecule has 0 aliphatic heterocycles. The van der Waals surface area contributed by atoms with Gasteiger partial charge in [-0.2, -0.15) is 0 Å². The van der Waals surface area contributed by atoms with Crippen molar-refractivity contribution in [1.29, 1.82) is 0 Å². The normalized spacial score (nSPS) is 16.5. The highest BCUT2D eigenvalue weighted by Gasteiger charge is 2.30. The van der Waals surface area contributed by atoms with Crippen LogP contribution in [0.15, 0.2) is 41.8 Å². The zero-order chi connectivity index (χ0) is 13.9. The Morgan fingerprint density at radius 3 is 2.70 bits per heavy atom. The Bertz CT molecular complexity index is 551. The van der Waals surface area contributed by atoms with Crippen LogP contribution in [0.25, 0.3) is 0 Å². The van der Waals surface area contributed by atoms with Gasteiger partial charge in [0.2, 0.25) is 0 Å². The summed E-state index contributed by atoms with van der Waals surface area (Å²) in [5.74, 6) is 0. The van der Waals surface area contributed by atoms with Crippen LogP contribution >= 0.6 is 11.3 Å². The highest BCUT2D eigenvalue weighted by atomic mass is 32.1. The van der Waals surface area contributed by atoms with E-state index in [4.69, 9.17) is 5.73 Å². The van der Waals surface area contributed by atoms with Crippen molar-refractivity contribution < 1.29 is 5.11 Å². The number of nitrogens with two attached hydrogens (primary N) is 1. The van der Waals surface area contributed by atoms with Gasteiger partial charge in [-0.05, 0) is 30.4 Å². The number of benzene rings is 1. The molecule has 2 aromatic rings. The molecule has 0 radical (unpaired) electrons. The van der Waals surface area contributed by atoms with Gasteiger partial charge in [0.1, 0.15) is 0 Å². The minimum Gasteiger partial charge on any atom is -0.398 e. The first kappa shape index (κ1) is 13.6. The topological polar surface area (TPSA) is 49.5 Å². The minimum absolute atomic E-state index is 0.517. The zero-order valence-corrected chi connectivity index (χ0v) is 12.2. The van der Waals surface area contributed by atoms with Gasteiger partial charge >= 0.3 is 0 Å². The van der Waals surface area contributed by atoms with Crippen molar-refractivity contribution >= 4 is 17.0 Å². The standard InChI is InChI=1S/C16H20N2OS/c17-15-6-2-1-5-14(15)16(19)11-18(12-7-8-12)10-13-4-3-9-20-13/h1-6,9,12,16,19H,7-8,10-11,17H2. The van der Waals surface area contributed by atoms with E-state index in [9.17, 15) is 5.11 Å². The maximum atomic E-state index is 10.5. The third-order valence-corrected chi connectivity index (χ3v) is 4.63. The molecule has 1 atom stereocenters. The van der Waals surface area contributed by atoms with Crippen LogP contribution in [-0.4, -0.2) is 22.6 Å². The molecule has 1 saturated carbocycles. The lowest BCUT2D eigenvalue weighted by molar-refractivity contribution is 0.105. The molecule has 3 rings (SSSR count). The van der Waals surface area contributed by atoms with Gasteiger partial charge in [0.15, 0.2) is 0 Å². The summed E-state index contributed by atoms with van der Waals surface area (Å²) in [6, 6.07) is 12.4. The highest BCUT2D eigenvalue weighted by Crippen LogP contribution is 2.31. The molecule has 3 nitrogen and oxygen atoms in total. The van der Waals surface area contributed by atoms with Gasteiger partial charge in [0.05, 0.1) is 6.10 Å². The zero-order valence-electron chi connectivity index (χ0n) is 11.4. The number of nitrogens with zero attached hydrogens (tertiary/aromatic N) is 1. The molecule has 3 N–H and O–H groups in total. The summed E-state index contributed by atoms with van der Waals surface area (Å²) in [6.45, 7) is 1.57. The minimum atomic E-state index is -0.517.